The molecule has 1 heterocycles. The van der Waals surface area contributed by atoms with Gasteiger partial charge in [0.2, 0.25) is 5.76 Å². The van der Waals surface area contributed by atoms with Crippen molar-refractivity contribution in [2.75, 3.05) is 5.32 Å². The molecule has 6 nitrogen and oxygen atoms in total. The number of hydrogen-bond donors (Lipinski definition) is 2. The number of para-hydroxylation sites is 1. The van der Waals surface area contributed by atoms with Gasteiger partial charge in [-0.15, -0.1) is 0 Å². The van der Waals surface area contributed by atoms with E-state index in [0.29, 0.717) is 16.8 Å². The van der Waals surface area contributed by atoms with E-state index < -0.39 is 12.1 Å². The van der Waals surface area contributed by atoms with Gasteiger partial charge in [-0.3, -0.25) is 5.32 Å². The van der Waals surface area contributed by atoms with Crippen LogP contribution in [0.3, 0.4) is 0 Å². The second-order valence-corrected chi connectivity index (χ2v) is 5.20. The summed E-state index contributed by atoms with van der Waals surface area (Å²) in [5.41, 5.74) is 2.25. The van der Waals surface area contributed by atoms with Crippen LogP contribution in [0.25, 0.3) is 11.1 Å². The Balaban J connectivity index is 1.78. The van der Waals surface area contributed by atoms with Gasteiger partial charge in [-0.1, -0.05) is 48.5 Å². The van der Waals surface area contributed by atoms with Gasteiger partial charge in [0.15, 0.2) is 0 Å². The number of hydrogen-bond acceptors (Lipinski definition) is 4. The number of nitrogens with one attached hydrogen (secondary N) is 1. The van der Waals surface area contributed by atoms with Crippen LogP contribution in [0.15, 0.2) is 71.3 Å². The molecule has 0 bridgehead atoms. The fraction of sp³-hybridized carbons (Fsp3) is 0.0526. The first kappa shape index (κ1) is 16.3. The average Bonchev–Trinajstić information content (AvgIpc) is 3.06. The maximum Gasteiger partial charge on any atom is 0.411 e. The van der Waals surface area contributed by atoms with Crippen LogP contribution >= 0.6 is 0 Å². The highest BCUT2D eigenvalue weighted by molar-refractivity contribution is 5.90. The minimum Gasteiger partial charge on any atom is -0.475 e. The van der Waals surface area contributed by atoms with E-state index in [2.05, 4.69) is 5.32 Å². The fourth-order valence-corrected chi connectivity index (χ4v) is 2.38. The Kier molecular flexibility index (Phi) is 4.80. The van der Waals surface area contributed by atoms with Crippen molar-refractivity contribution in [3.05, 3.63) is 78.3 Å². The van der Waals surface area contributed by atoms with Crippen molar-refractivity contribution < 1.29 is 23.8 Å². The summed E-state index contributed by atoms with van der Waals surface area (Å²) < 4.78 is 10.3. The predicted molar refractivity (Wildman–Crippen MR) is 91.4 cm³/mol. The predicted octanol–water partition coefficient (Wildman–Crippen LogP) is 4.39. The van der Waals surface area contributed by atoms with Crippen LogP contribution < -0.4 is 5.32 Å². The van der Waals surface area contributed by atoms with Crippen molar-refractivity contribution in [2.45, 2.75) is 6.61 Å². The topological polar surface area (TPSA) is 88.8 Å². The second-order valence-electron chi connectivity index (χ2n) is 5.20. The molecule has 6 heteroatoms. The van der Waals surface area contributed by atoms with Crippen molar-refractivity contribution >= 4 is 17.7 Å². The van der Waals surface area contributed by atoms with E-state index in [1.54, 1.807) is 24.3 Å². The van der Waals surface area contributed by atoms with Crippen LogP contribution in [0.4, 0.5) is 10.5 Å². The maximum absolute atomic E-state index is 11.9. The first-order valence-electron chi connectivity index (χ1n) is 7.53. The van der Waals surface area contributed by atoms with Crippen molar-refractivity contribution in [3.8, 4) is 11.1 Å². The normalized spacial score (nSPS) is 10.2. The molecule has 0 saturated heterocycles. The van der Waals surface area contributed by atoms with Gasteiger partial charge in [-0.05, 0) is 17.7 Å². The highest BCUT2D eigenvalue weighted by Crippen LogP contribution is 2.29. The number of furan rings is 1. The van der Waals surface area contributed by atoms with Crippen LogP contribution in [0.1, 0.15) is 16.1 Å². The third-order valence-corrected chi connectivity index (χ3v) is 3.54. The summed E-state index contributed by atoms with van der Waals surface area (Å²) in [6.07, 6.45) is 0.676. The molecule has 0 aliphatic rings. The Hall–Kier alpha value is -3.54. The molecule has 0 atom stereocenters. The van der Waals surface area contributed by atoms with Gasteiger partial charge < -0.3 is 14.3 Å². The average molecular weight is 337 g/mol. The number of rotatable bonds is 5. The van der Waals surface area contributed by atoms with E-state index in [1.165, 1.54) is 6.26 Å². The molecule has 3 rings (SSSR count). The lowest BCUT2D eigenvalue weighted by Crippen LogP contribution is -2.14. The highest BCUT2D eigenvalue weighted by Gasteiger charge is 2.21. The molecule has 0 saturated carbocycles. The number of anilines is 1. The molecule has 1 aromatic heterocycles. The molecule has 0 fully saturated rings. The third kappa shape index (κ3) is 3.87. The summed E-state index contributed by atoms with van der Waals surface area (Å²) in [7, 11) is 0. The number of aromatic carboxylic acids is 1. The van der Waals surface area contributed by atoms with Crippen LogP contribution in [0.5, 0.6) is 0 Å². The molecule has 1 amide bonds. The van der Waals surface area contributed by atoms with Gasteiger partial charge in [-0.2, -0.15) is 0 Å². The number of amides is 1. The Morgan fingerprint density at radius 3 is 2.28 bits per heavy atom. The first-order valence-corrected chi connectivity index (χ1v) is 7.53. The number of carbonyl (C=O) groups is 2. The van der Waals surface area contributed by atoms with Gasteiger partial charge in [0.25, 0.3) is 0 Å². The van der Waals surface area contributed by atoms with Crippen LogP contribution in [0.2, 0.25) is 0 Å². The Bertz CT molecular complexity index is 871. The van der Waals surface area contributed by atoms with E-state index in [0.717, 1.165) is 5.56 Å². The van der Waals surface area contributed by atoms with E-state index in [4.69, 9.17) is 9.15 Å². The third-order valence-electron chi connectivity index (χ3n) is 3.54. The number of carbonyl (C=O) groups excluding carboxylic acids is 1. The molecule has 3 aromatic rings. The Morgan fingerprint density at radius 1 is 1.00 bits per heavy atom. The summed E-state index contributed by atoms with van der Waals surface area (Å²) in [6.45, 7) is -0.221. The summed E-state index contributed by atoms with van der Waals surface area (Å²) in [4.78, 5) is 23.3. The largest absolute Gasteiger partial charge is 0.475 e. The van der Waals surface area contributed by atoms with Gasteiger partial charge in [-0.25, -0.2) is 9.59 Å². The van der Waals surface area contributed by atoms with Gasteiger partial charge >= 0.3 is 12.1 Å². The molecule has 2 aromatic carbocycles. The minimum absolute atomic E-state index is 0.221. The lowest BCUT2D eigenvalue weighted by atomic mass is 10.0. The van der Waals surface area contributed by atoms with Crippen molar-refractivity contribution in [2.24, 2.45) is 0 Å². The van der Waals surface area contributed by atoms with Crippen molar-refractivity contribution in [1.82, 2.24) is 0 Å². The maximum atomic E-state index is 11.9. The Labute approximate surface area is 143 Å². The molecular formula is C19H15NO5. The van der Waals surface area contributed by atoms with E-state index in [1.807, 2.05) is 36.4 Å². The second kappa shape index (κ2) is 7.35. The SMILES string of the molecule is O=C(Nc1ccccc1)OCc1c(-c2ccccc2)coc1C(=O)O. The molecule has 126 valence electrons. The molecule has 25 heavy (non-hydrogen) atoms. The van der Waals surface area contributed by atoms with Gasteiger partial charge in [0, 0.05) is 11.3 Å². The molecule has 2 N–H and O–H groups in total. The van der Waals surface area contributed by atoms with Crippen molar-refractivity contribution in [1.29, 1.82) is 0 Å². The number of benzene rings is 2. The smallest absolute Gasteiger partial charge is 0.411 e. The molecule has 0 aliphatic heterocycles. The first-order chi connectivity index (χ1) is 12.1. The molecular weight excluding hydrogens is 322 g/mol. The number of carboxylic acids is 1. The zero-order chi connectivity index (χ0) is 17.6. The standard InChI is InChI=1S/C19H15NO5/c21-18(22)17-16(15(11-24-17)13-7-3-1-4-8-13)12-25-19(23)20-14-9-5-2-6-10-14/h1-11H,12H2,(H,20,23)(H,21,22). The molecule has 0 radical (unpaired) electrons. The van der Waals surface area contributed by atoms with Crippen LogP contribution in [-0.2, 0) is 11.3 Å². The van der Waals surface area contributed by atoms with E-state index in [9.17, 15) is 14.7 Å². The summed E-state index contributed by atoms with van der Waals surface area (Å²) in [5.74, 6) is -1.46. The van der Waals surface area contributed by atoms with Gasteiger partial charge in [0.1, 0.15) is 6.61 Å². The molecule has 0 unspecified atom stereocenters. The fourth-order valence-electron chi connectivity index (χ4n) is 2.38. The summed E-state index contributed by atoms with van der Waals surface area (Å²) >= 11 is 0. The van der Waals surface area contributed by atoms with Crippen LogP contribution in [0, 0.1) is 0 Å². The van der Waals surface area contributed by atoms with E-state index in [-0.39, 0.29) is 12.4 Å². The lowest BCUT2D eigenvalue weighted by Gasteiger charge is -2.08. The molecule has 0 spiro atoms. The number of ether oxygens (including phenoxy) is 1. The van der Waals surface area contributed by atoms with E-state index >= 15 is 0 Å². The summed E-state index contributed by atoms with van der Waals surface area (Å²) in [6, 6.07) is 18.0. The van der Waals surface area contributed by atoms with Gasteiger partial charge in [0.05, 0.1) is 11.8 Å². The summed E-state index contributed by atoms with van der Waals surface area (Å²) in [5, 5.41) is 11.8. The van der Waals surface area contributed by atoms with Crippen LogP contribution in [-0.4, -0.2) is 17.2 Å². The quantitative estimate of drug-likeness (QED) is 0.720. The monoisotopic (exact) mass is 337 g/mol. The number of carboxylic acid groups (broad SMARTS) is 1. The minimum atomic E-state index is -1.22. The molecule has 0 aliphatic carbocycles. The van der Waals surface area contributed by atoms with Crippen molar-refractivity contribution in [3.63, 3.8) is 0 Å². The zero-order valence-electron chi connectivity index (χ0n) is 13.1. The Morgan fingerprint density at radius 2 is 1.64 bits per heavy atom. The lowest BCUT2D eigenvalue weighted by molar-refractivity contribution is 0.0656. The highest BCUT2D eigenvalue weighted by atomic mass is 16.5. The zero-order valence-corrected chi connectivity index (χ0v) is 13.1.